The highest BCUT2D eigenvalue weighted by molar-refractivity contribution is 5.35. The summed E-state index contributed by atoms with van der Waals surface area (Å²) >= 11 is 0. The number of aryl methyl sites for hydroxylation is 1. The third kappa shape index (κ3) is 1.25. The Labute approximate surface area is 81.8 Å². The number of hydrogen-bond acceptors (Lipinski definition) is 3. The fourth-order valence-corrected chi connectivity index (χ4v) is 1.34. The van der Waals surface area contributed by atoms with Crippen LogP contribution >= 0.6 is 0 Å². The second-order valence-electron chi connectivity index (χ2n) is 3.12. The summed E-state index contributed by atoms with van der Waals surface area (Å²) in [6.45, 7) is 3.58. The number of nitrogens with zero attached hydrogens (tertiary/aromatic N) is 3. The lowest BCUT2D eigenvalue weighted by Crippen LogP contribution is -2.00. The van der Waals surface area contributed by atoms with Crippen LogP contribution in [-0.4, -0.2) is 19.9 Å². The van der Waals surface area contributed by atoms with Gasteiger partial charge in [0.2, 0.25) is 0 Å². The van der Waals surface area contributed by atoms with Gasteiger partial charge in [0.25, 0.3) is 0 Å². The average molecular weight is 189 g/mol. The van der Waals surface area contributed by atoms with Crippen molar-refractivity contribution in [2.75, 3.05) is 0 Å². The topological polar surface area (TPSA) is 50.9 Å². The van der Waals surface area contributed by atoms with Gasteiger partial charge in [-0.15, -0.1) is 0 Å². The molecule has 2 aromatic rings. The highest BCUT2D eigenvalue weighted by Crippen LogP contribution is 2.21. The first kappa shape index (κ1) is 8.74. The Morgan fingerprint density at radius 1 is 1.29 bits per heavy atom. The van der Waals surface area contributed by atoms with Crippen molar-refractivity contribution in [1.29, 1.82) is 0 Å². The van der Waals surface area contributed by atoms with Crippen LogP contribution < -0.4 is 0 Å². The Kier molecular flexibility index (Phi) is 1.96. The maximum atomic E-state index is 9.58. The normalized spacial score (nSPS) is 10.4. The molecule has 0 unspecified atom stereocenters. The lowest BCUT2D eigenvalue weighted by Gasteiger charge is -2.01. The molecule has 2 aromatic heterocycles. The number of hydrogen-bond donors (Lipinski definition) is 1. The Balaban J connectivity index is 2.58. The number of aromatic nitrogens is 3. The molecule has 0 amide bonds. The van der Waals surface area contributed by atoms with Crippen LogP contribution in [0.2, 0.25) is 0 Å². The van der Waals surface area contributed by atoms with Gasteiger partial charge >= 0.3 is 0 Å². The first-order valence-corrected chi connectivity index (χ1v) is 4.36. The third-order valence-electron chi connectivity index (χ3n) is 2.12. The van der Waals surface area contributed by atoms with Crippen LogP contribution in [0.4, 0.5) is 0 Å². The molecule has 1 N–H and O–H groups in total. The molecule has 0 atom stereocenters. The van der Waals surface area contributed by atoms with Crippen LogP contribution in [0.25, 0.3) is 5.82 Å². The SMILES string of the molecule is Cc1nn(-c2ccccn2)c(C)c1O. The molecule has 0 aliphatic rings. The van der Waals surface area contributed by atoms with Crippen molar-refractivity contribution < 1.29 is 5.11 Å². The van der Waals surface area contributed by atoms with E-state index in [2.05, 4.69) is 10.1 Å². The highest BCUT2D eigenvalue weighted by atomic mass is 16.3. The standard InChI is InChI=1S/C10H11N3O/c1-7-10(14)8(2)13(12-7)9-5-3-4-6-11-9/h3-6,14H,1-2H3. The van der Waals surface area contributed by atoms with Crippen LogP contribution in [0.5, 0.6) is 5.75 Å². The van der Waals surface area contributed by atoms with Gasteiger partial charge in [-0.1, -0.05) is 6.07 Å². The lowest BCUT2D eigenvalue weighted by molar-refractivity contribution is 0.466. The summed E-state index contributed by atoms with van der Waals surface area (Å²) in [5.74, 6) is 0.948. The molecule has 0 aliphatic carbocycles. The first-order chi connectivity index (χ1) is 6.70. The summed E-state index contributed by atoms with van der Waals surface area (Å²) in [6.07, 6.45) is 1.70. The van der Waals surface area contributed by atoms with E-state index in [1.165, 1.54) is 0 Å². The van der Waals surface area contributed by atoms with E-state index >= 15 is 0 Å². The van der Waals surface area contributed by atoms with Crippen LogP contribution in [0.3, 0.4) is 0 Å². The van der Waals surface area contributed by atoms with Crippen molar-refractivity contribution in [3.63, 3.8) is 0 Å². The molecule has 0 fully saturated rings. The second kappa shape index (κ2) is 3.14. The Morgan fingerprint density at radius 3 is 2.57 bits per heavy atom. The summed E-state index contributed by atoms with van der Waals surface area (Å²) in [5, 5.41) is 13.8. The molecule has 4 nitrogen and oxygen atoms in total. The van der Waals surface area contributed by atoms with Gasteiger partial charge in [-0.05, 0) is 26.0 Å². The minimum absolute atomic E-state index is 0.232. The largest absolute Gasteiger partial charge is 0.504 e. The number of pyridine rings is 1. The summed E-state index contributed by atoms with van der Waals surface area (Å²) < 4.78 is 1.63. The predicted octanol–water partition coefficient (Wildman–Crippen LogP) is 1.59. The molecule has 4 heteroatoms. The lowest BCUT2D eigenvalue weighted by atomic mass is 10.3. The smallest absolute Gasteiger partial charge is 0.160 e. The van der Waals surface area contributed by atoms with Crippen LogP contribution in [0.1, 0.15) is 11.4 Å². The van der Waals surface area contributed by atoms with E-state index in [0.717, 1.165) is 0 Å². The van der Waals surface area contributed by atoms with Gasteiger partial charge in [0.15, 0.2) is 11.6 Å². The molecule has 0 radical (unpaired) electrons. The minimum Gasteiger partial charge on any atom is -0.504 e. The van der Waals surface area contributed by atoms with Crippen molar-refractivity contribution in [3.05, 3.63) is 35.8 Å². The van der Waals surface area contributed by atoms with Crippen LogP contribution in [-0.2, 0) is 0 Å². The highest BCUT2D eigenvalue weighted by Gasteiger charge is 2.11. The van der Waals surface area contributed by atoms with E-state index in [0.29, 0.717) is 17.2 Å². The van der Waals surface area contributed by atoms with E-state index in [-0.39, 0.29) is 5.75 Å². The van der Waals surface area contributed by atoms with Gasteiger partial charge in [0, 0.05) is 6.20 Å². The molecule has 0 saturated heterocycles. The Bertz CT molecular complexity index is 448. The van der Waals surface area contributed by atoms with Crippen LogP contribution in [0.15, 0.2) is 24.4 Å². The Morgan fingerprint density at radius 2 is 2.07 bits per heavy atom. The number of rotatable bonds is 1. The minimum atomic E-state index is 0.232. The summed E-state index contributed by atoms with van der Waals surface area (Å²) in [4.78, 5) is 4.15. The molecule has 14 heavy (non-hydrogen) atoms. The molecule has 0 aromatic carbocycles. The van der Waals surface area contributed by atoms with Crippen molar-refractivity contribution in [2.45, 2.75) is 13.8 Å². The average Bonchev–Trinajstić information content (AvgIpc) is 2.47. The zero-order chi connectivity index (χ0) is 10.1. The fraction of sp³-hybridized carbons (Fsp3) is 0.200. The molecular formula is C10H11N3O. The quantitative estimate of drug-likeness (QED) is 0.741. The Hall–Kier alpha value is -1.84. The van der Waals surface area contributed by atoms with E-state index in [9.17, 15) is 5.11 Å². The summed E-state index contributed by atoms with van der Waals surface area (Å²) in [5.41, 5.74) is 1.33. The summed E-state index contributed by atoms with van der Waals surface area (Å²) in [7, 11) is 0. The maximum absolute atomic E-state index is 9.58. The molecule has 0 saturated carbocycles. The zero-order valence-electron chi connectivity index (χ0n) is 8.10. The van der Waals surface area contributed by atoms with Crippen molar-refractivity contribution >= 4 is 0 Å². The first-order valence-electron chi connectivity index (χ1n) is 4.36. The van der Waals surface area contributed by atoms with Crippen LogP contribution in [0, 0.1) is 13.8 Å². The maximum Gasteiger partial charge on any atom is 0.160 e. The van der Waals surface area contributed by atoms with Crippen molar-refractivity contribution in [3.8, 4) is 11.6 Å². The molecular weight excluding hydrogens is 178 g/mol. The third-order valence-corrected chi connectivity index (χ3v) is 2.12. The summed E-state index contributed by atoms with van der Waals surface area (Å²) in [6, 6.07) is 5.57. The molecule has 0 aliphatic heterocycles. The van der Waals surface area contributed by atoms with Gasteiger partial charge in [0.05, 0.1) is 5.69 Å². The molecule has 2 rings (SSSR count). The molecule has 2 heterocycles. The fourth-order valence-electron chi connectivity index (χ4n) is 1.34. The molecule has 0 spiro atoms. The second-order valence-corrected chi connectivity index (χ2v) is 3.12. The van der Waals surface area contributed by atoms with Gasteiger partial charge in [-0.25, -0.2) is 9.67 Å². The van der Waals surface area contributed by atoms with E-state index in [4.69, 9.17) is 0 Å². The molecule has 72 valence electrons. The van der Waals surface area contributed by atoms with E-state index < -0.39 is 0 Å². The van der Waals surface area contributed by atoms with Crippen molar-refractivity contribution in [1.82, 2.24) is 14.8 Å². The van der Waals surface area contributed by atoms with Crippen molar-refractivity contribution in [2.24, 2.45) is 0 Å². The monoisotopic (exact) mass is 189 g/mol. The van der Waals surface area contributed by atoms with Gasteiger partial charge in [-0.3, -0.25) is 0 Å². The van der Waals surface area contributed by atoms with E-state index in [1.54, 1.807) is 17.8 Å². The number of aromatic hydroxyl groups is 1. The molecule has 0 bridgehead atoms. The van der Waals surface area contributed by atoms with Gasteiger partial charge in [0.1, 0.15) is 5.69 Å². The zero-order valence-corrected chi connectivity index (χ0v) is 8.10. The van der Waals surface area contributed by atoms with Gasteiger partial charge < -0.3 is 5.11 Å². The predicted molar refractivity (Wildman–Crippen MR) is 52.5 cm³/mol. The van der Waals surface area contributed by atoms with E-state index in [1.807, 2.05) is 25.1 Å². The van der Waals surface area contributed by atoms with Gasteiger partial charge in [-0.2, -0.15) is 5.10 Å².